The molecule has 2 N–H and O–H groups in total. The van der Waals surface area contributed by atoms with Gasteiger partial charge in [-0.2, -0.15) is 26.3 Å². The van der Waals surface area contributed by atoms with Gasteiger partial charge in [0.05, 0.1) is 34.8 Å². The molecule has 2 saturated heterocycles. The van der Waals surface area contributed by atoms with E-state index in [0.29, 0.717) is 29.9 Å². The van der Waals surface area contributed by atoms with Crippen LogP contribution in [0.3, 0.4) is 0 Å². The molecule has 0 spiro atoms. The maximum absolute atomic E-state index is 14.1. The van der Waals surface area contributed by atoms with Gasteiger partial charge in [0.15, 0.2) is 17.4 Å². The molecular weight excluding hydrogens is 551 g/mol. The minimum Gasteiger partial charge on any atom is -0.505 e. The molecule has 1 aliphatic carbocycles. The fraction of sp³-hybridized carbons (Fsp3) is 0.481. The molecule has 2 aromatic carbocycles. The molecule has 13 heteroatoms. The number of amides is 2. The summed E-state index contributed by atoms with van der Waals surface area (Å²) in [6.45, 7) is 1.81. The third-order valence-corrected chi connectivity index (χ3v) is 8.18. The number of halogens is 7. The van der Waals surface area contributed by atoms with E-state index in [2.05, 4.69) is 0 Å². The van der Waals surface area contributed by atoms with Crippen LogP contribution in [-0.2, 0) is 26.7 Å². The molecular formula is C27H24F7NO5. The lowest BCUT2D eigenvalue weighted by Gasteiger charge is -2.44. The third kappa shape index (κ3) is 4.52. The first-order valence-electron chi connectivity index (χ1n) is 12.6. The average Bonchev–Trinajstić information content (AvgIpc) is 3.34. The van der Waals surface area contributed by atoms with Crippen molar-refractivity contribution in [1.82, 2.24) is 0 Å². The quantitative estimate of drug-likeness (QED) is 0.347. The van der Waals surface area contributed by atoms with Crippen molar-refractivity contribution in [3.05, 3.63) is 58.9 Å². The minimum atomic E-state index is -5.19. The molecule has 2 amide bonds. The summed E-state index contributed by atoms with van der Waals surface area (Å²) in [6.07, 6.45) is -10.6. The van der Waals surface area contributed by atoms with Crippen LogP contribution in [0, 0.1) is 29.5 Å². The summed E-state index contributed by atoms with van der Waals surface area (Å²) in [5.41, 5.74) is -3.97. The van der Waals surface area contributed by atoms with Crippen LogP contribution in [0.5, 0.6) is 5.75 Å². The van der Waals surface area contributed by atoms with E-state index in [-0.39, 0.29) is 24.5 Å². The second-order valence-corrected chi connectivity index (χ2v) is 10.5. The maximum atomic E-state index is 14.1. The van der Waals surface area contributed by atoms with E-state index in [1.165, 1.54) is 6.07 Å². The number of nitrogens with zero attached hydrogens (tertiary/aromatic N) is 1. The number of benzene rings is 2. The topological polar surface area (TPSA) is 87.1 Å². The normalized spacial score (nSPS) is 30.5. The van der Waals surface area contributed by atoms with Crippen LogP contribution in [0.25, 0.3) is 0 Å². The highest BCUT2D eigenvalue weighted by Gasteiger charge is 2.66. The molecule has 1 saturated carbocycles. The van der Waals surface area contributed by atoms with Crippen LogP contribution in [0.15, 0.2) is 36.4 Å². The lowest BCUT2D eigenvalue weighted by Crippen LogP contribution is -2.53. The summed E-state index contributed by atoms with van der Waals surface area (Å²) in [7, 11) is 0. The van der Waals surface area contributed by atoms with Gasteiger partial charge in [-0.05, 0) is 55.2 Å². The van der Waals surface area contributed by atoms with Crippen LogP contribution in [0.2, 0.25) is 0 Å². The lowest BCUT2D eigenvalue weighted by atomic mass is 9.63. The number of alkyl halides is 6. The van der Waals surface area contributed by atoms with Gasteiger partial charge >= 0.3 is 12.4 Å². The van der Waals surface area contributed by atoms with Crippen molar-refractivity contribution in [3.63, 3.8) is 0 Å². The molecule has 6 nitrogen and oxygen atoms in total. The van der Waals surface area contributed by atoms with Crippen LogP contribution in [0.4, 0.5) is 36.4 Å². The van der Waals surface area contributed by atoms with Gasteiger partial charge in [0.1, 0.15) is 0 Å². The number of rotatable bonds is 4. The van der Waals surface area contributed by atoms with Gasteiger partial charge in [-0.25, -0.2) is 4.39 Å². The van der Waals surface area contributed by atoms with Crippen molar-refractivity contribution < 1.29 is 55.3 Å². The van der Waals surface area contributed by atoms with Gasteiger partial charge in [0, 0.05) is 11.8 Å². The first kappa shape index (κ1) is 28.3. The SMILES string of the molecule is CCC[C@H]1C[C@@H]2C(=O)N(c3cc(C(F)(F)F)cc(C(F)(F)F)c3)C(=O)[C@@H]2[C@@H]2C[C@@H](c3ccc(O)c(F)c3)O[C@]12O. The predicted molar refractivity (Wildman–Crippen MR) is 124 cm³/mol. The summed E-state index contributed by atoms with van der Waals surface area (Å²) in [5.74, 6) is -9.68. The number of hydrogen-bond acceptors (Lipinski definition) is 5. The van der Waals surface area contributed by atoms with E-state index >= 15 is 0 Å². The number of aromatic hydroxyl groups is 1. The Labute approximate surface area is 223 Å². The van der Waals surface area contributed by atoms with E-state index in [0.717, 1.165) is 12.1 Å². The zero-order valence-corrected chi connectivity index (χ0v) is 20.9. The highest BCUT2D eigenvalue weighted by molar-refractivity contribution is 6.22. The van der Waals surface area contributed by atoms with Crippen molar-refractivity contribution in [1.29, 1.82) is 0 Å². The first-order chi connectivity index (χ1) is 18.6. The Morgan fingerprint density at radius 2 is 1.60 bits per heavy atom. The third-order valence-electron chi connectivity index (χ3n) is 8.18. The highest BCUT2D eigenvalue weighted by Crippen LogP contribution is 2.59. The molecule has 0 bridgehead atoms. The molecule has 3 aliphatic rings. The van der Waals surface area contributed by atoms with Gasteiger partial charge < -0.3 is 14.9 Å². The zero-order valence-electron chi connectivity index (χ0n) is 20.9. The van der Waals surface area contributed by atoms with Crippen LogP contribution in [0.1, 0.15) is 55.4 Å². The van der Waals surface area contributed by atoms with Gasteiger partial charge in [-0.3, -0.25) is 14.5 Å². The first-order valence-corrected chi connectivity index (χ1v) is 12.6. The summed E-state index contributed by atoms with van der Waals surface area (Å²) in [4.78, 5) is 27.5. The molecule has 5 rings (SSSR count). The lowest BCUT2D eigenvalue weighted by molar-refractivity contribution is -0.270. The maximum Gasteiger partial charge on any atom is 0.416 e. The predicted octanol–water partition coefficient (Wildman–Crippen LogP) is 5.96. The Kier molecular flexibility index (Phi) is 6.69. The number of fused-ring (bicyclic) bond motifs is 3. The summed E-state index contributed by atoms with van der Waals surface area (Å²) in [6, 6.07) is 4.01. The van der Waals surface area contributed by atoms with Gasteiger partial charge in [0.2, 0.25) is 11.8 Å². The number of carbonyl (C=O) groups excluding carboxylic acids is 2. The largest absolute Gasteiger partial charge is 0.505 e. The Bertz CT molecular complexity index is 1330. The summed E-state index contributed by atoms with van der Waals surface area (Å²) < 4.78 is 101. The van der Waals surface area contributed by atoms with Gasteiger partial charge in [-0.1, -0.05) is 19.4 Å². The standard InChI is InChI=1S/C27H24F7NO5/c1-2-3-13-10-17-22(18-11-21(40-25(13,18)39)12-4-5-20(36)19(28)6-12)24(38)35(23(17)37)16-8-14(26(29,30)31)7-15(9-16)27(32,33)34/h4-9,13,17-18,21-22,36,39H,2-3,10-11H2,1H3/t13-,17-,18-,21-,22-,25+/m0/s1. The molecule has 2 aliphatic heterocycles. The number of phenols is 1. The van der Waals surface area contributed by atoms with Crippen molar-refractivity contribution in [3.8, 4) is 5.75 Å². The second kappa shape index (κ2) is 9.44. The van der Waals surface area contributed by atoms with Crippen molar-refractivity contribution in [2.45, 2.75) is 56.9 Å². The average molecular weight is 575 g/mol. The van der Waals surface area contributed by atoms with Crippen molar-refractivity contribution in [2.75, 3.05) is 4.90 Å². The monoisotopic (exact) mass is 575 g/mol. The Morgan fingerprint density at radius 3 is 2.15 bits per heavy atom. The van der Waals surface area contributed by atoms with Crippen LogP contribution in [-0.4, -0.2) is 27.8 Å². The number of hydrogen-bond donors (Lipinski definition) is 2. The van der Waals surface area contributed by atoms with E-state index in [1.54, 1.807) is 0 Å². The Balaban J connectivity index is 1.57. The van der Waals surface area contributed by atoms with Gasteiger partial charge in [0.25, 0.3) is 0 Å². The molecule has 0 radical (unpaired) electrons. The molecule has 3 fully saturated rings. The Hall–Kier alpha value is -3.19. The number of phenolic OH excluding ortho intramolecular Hbond substituents is 1. The molecule has 0 unspecified atom stereocenters. The van der Waals surface area contributed by atoms with Crippen molar-refractivity contribution in [2.24, 2.45) is 23.7 Å². The van der Waals surface area contributed by atoms with E-state index in [9.17, 15) is 50.5 Å². The zero-order chi connectivity index (χ0) is 29.4. The van der Waals surface area contributed by atoms with Gasteiger partial charge in [-0.15, -0.1) is 0 Å². The molecule has 40 heavy (non-hydrogen) atoms. The van der Waals surface area contributed by atoms with Crippen molar-refractivity contribution >= 4 is 17.5 Å². The molecule has 2 aromatic rings. The molecule has 6 atom stereocenters. The molecule has 0 aromatic heterocycles. The van der Waals surface area contributed by atoms with E-state index < -0.39 is 88.1 Å². The number of anilines is 1. The fourth-order valence-electron chi connectivity index (χ4n) is 6.41. The second-order valence-electron chi connectivity index (χ2n) is 10.5. The number of carbonyl (C=O) groups is 2. The summed E-state index contributed by atoms with van der Waals surface area (Å²) in [5, 5.41) is 21.2. The number of ether oxygens (including phenoxy) is 1. The van der Waals surface area contributed by atoms with Crippen LogP contribution >= 0.6 is 0 Å². The number of imide groups is 1. The minimum absolute atomic E-state index is 0.0780. The van der Waals surface area contributed by atoms with E-state index in [4.69, 9.17) is 4.74 Å². The smallest absolute Gasteiger partial charge is 0.416 e. The van der Waals surface area contributed by atoms with Crippen LogP contribution < -0.4 is 4.90 Å². The highest BCUT2D eigenvalue weighted by atomic mass is 19.4. The molecule has 216 valence electrons. The van der Waals surface area contributed by atoms with E-state index in [1.807, 2.05) is 6.92 Å². The fourth-order valence-corrected chi connectivity index (χ4v) is 6.41. The Morgan fingerprint density at radius 1 is 0.975 bits per heavy atom. The number of aliphatic hydroxyl groups is 1. The molecule has 2 heterocycles. The summed E-state index contributed by atoms with van der Waals surface area (Å²) >= 11 is 0.